The van der Waals surface area contributed by atoms with E-state index in [0.29, 0.717) is 24.2 Å². The zero-order valence-corrected chi connectivity index (χ0v) is 14.0. The Hall–Kier alpha value is -1.48. The van der Waals surface area contributed by atoms with E-state index in [1.807, 2.05) is 19.1 Å². The van der Waals surface area contributed by atoms with Crippen LogP contribution in [-0.4, -0.2) is 22.9 Å². The van der Waals surface area contributed by atoms with Gasteiger partial charge in [-0.1, -0.05) is 13.0 Å². The molecule has 23 heavy (non-hydrogen) atoms. The molecule has 124 valence electrons. The van der Waals surface area contributed by atoms with Crippen molar-refractivity contribution in [1.82, 2.24) is 0 Å². The largest absolute Gasteiger partial charge is 0.504 e. The van der Waals surface area contributed by atoms with Gasteiger partial charge in [-0.15, -0.1) is 0 Å². The Morgan fingerprint density at radius 2 is 2.09 bits per heavy atom. The molecule has 3 heteroatoms. The van der Waals surface area contributed by atoms with Crippen LogP contribution in [0.3, 0.4) is 0 Å². The van der Waals surface area contributed by atoms with Gasteiger partial charge in [-0.2, -0.15) is 0 Å². The number of aliphatic hydroxyl groups is 1. The molecule has 4 rings (SSSR count). The molecule has 0 spiro atoms. The smallest absolute Gasteiger partial charge is 0.161 e. The molecule has 3 aliphatic carbocycles. The van der Waals surface area contributed by atoms with Crippen LogP contribution in [0.2, 0.25) is 0 Å². The van der Waals surface area contributed by atoms with Crippen LogP contribution in [0.1, 0.15) is 50.7 Å². The maximum atomic E-state index is 10.4. The van der Waals surface area contributed by atoms with Crippen LogP contribution >= 0.6 is 0 Å². The molecule has 0 bridgehead atoms. The SMILES string of the molecule is CCOc1cc2c(cc1O)CCC1C2=CCC2(C)C1CC[C@@H]2O. The number of hydrogen-bond acceptors (Lipinski definition) is 3. The summed E-state index contributed by atoms with van der Waals surface area (Å²) in [7, 11) is 0. The van der Waals surface area contributed by atoms with Crippen molar-refractivity contribution < 1.29 is 14.9 Å². The number of aliphatic hydroxyl groups excluding tert-OH is 1. The van der Waals surface area contributed by atoms with E-state index in [1.54, 1.807) is 0 Å². The highest BCUT2D eigenvalue weighted by Crippen LogP contribution is 2.58. The standard InChI is InChI=1S/C20H26O3/c1-3-23-18-11-15-12(10-17(18)21)4-5-14-13(15)8-9-20(2)16(14)6-7-19(20)22/h8,10-11,14,16,19,21-22H,3-7,9H2,1-2H3/t14?,16?,19-,20?/m0/s1. The van der Waals surface area contributed by atoms with E-state index in [4.69, 9.17) is 4.74 Å². The summed E-state index contributed by atoms with van der Waals surface area (Å²) in [5.41, 5.74) is 3.95. The molecule has 0 amide bonds. The van der Waals surface area contributed by atoms with Gasteiger partial charge in [-0.3, -0.25) is 0 Å². The predicted molar refractivity (Wildman–Crippen MR) is 90.5 cm³/mol. The number of allylic oxidation sites excluding steroid dienone is 2. The summed E-state index contributed by atoms with van der Waals surface area (Å²) in [6.45, 7) is 4.76. The highest BCUT2D eigenvalue weighted by atomic mass is 16.5. The number of phenols is 1. The minimum Gasteiger partial charge on any atom is -0.504 e. The first-order chi connectivity index (χ1) is 11.0. The molecule has 0 aromatic heterocycles. The summed E-state index contributed by atoms with van der Waals surface area (Å²) in [5.74, 6) is 1.96. The number of aryl methyl sites for hydroxylation is 1. The number of hydrogen-bond donors (Lipinski definition) is 2. The lowest BCUT2D eigenvalue weighted by Crippen LogP contribution is -2.40. The molecule has 1 aromatic carbocycles. The van der Waals surface area contributed by atoms with E-state index in [1.165, 1.54) is 16.7 Å². The Kier molecular flexibility index (Phi) is 3.45. The van der Waals surface area contributed by atoms with Gasteiger partial charge in [0.15, 0.2) is 11.5 Å². The molecule has 4 atom stereocenters. The molecular formula is C20H26O3. The van der Waals surface area contributed by atoms with Crippen LogP contribution in [0.4, 0.5) is 0 Å². The van der Waals surface area contributed by atoms with Gasteiger partial charge >= 0.3 is 0 Å². The van der Waals surface area contributed by atoms with E-state index in [9.17, 15) is 10.2 Å². The zero-order valence-electron chi connectivity index (χ0n) is 14.0. The van der Waals surface area contributed by atoms with E-state index in [-0.39, 0.29) is 17.3 Å². The summed E-state index contributed by atoms with van der Waals surface area (Å²) in [6.07, 6.45) is 7.33. The van der Waals surface area contributed by atoms with Crippen LogP contribution in [-0.2, 0) is 6.42 Å². The van der Waals surface area contributed by atoms with Crippen LogP contribution in [0.15, 0.2) is 18.2 Å². The average Bonchev–Trinajstić information content (AvgIpc) is 2.84. The minimum absolute atomic E-state index is 0.0470. The van der Waals surface area contributed by atoms with Crippen molar-refractivity contribution >= 4 is 5.57 Å². The number of fused-ring (bicyclic) bond motifs is 5. The van der Waals surface area contributed by atoms with Crippen molar-refractivity contribution in [2.75, 3.05) is 6.61 Å². The van der Waals surface area contributed by atoms with Crippen molar-refractivity contribution in [3.05, 3.63) is 29.3 Å². The third kappa shape index (κ3) is 2.13. The first kappa shape index (κ1) is 15.1. The Bertz CT molecular complexity index is 663. The number of ether oxygens (including phenoxy) is 1. The number of benzene rings is 1. The third-order valence-corrected chi connectivity index (χ3v) is 6.53. The van der Waals surface area contributed by atoms with E-state index < -0.39 is 0 Å². The fourth-order valence-electron chi connectivity index (χ4n) is 5.23. The van der Waals surface area contributed by atoms with Gasteiger partial charge < -0.3 is 14.9 Å². The molecule has 2 N–H and O–H groups in total. The summed E-state index contributed by atoms with van der Waals surface area (Å²) >= 11 is 0. The molecular weight excluding hydrogens is 288 g/mol. The highest BCUT2D eigenvalue weighted by molar-refractivity contribution is 5.75. The molecule has 1 fully saturated rings. The fraction of sp³-hybridized carbons (Fsp3) is 0.600. The van der Waals surface area contributed by atoms with Crippen LogP contribution in [0, 0.1) is 17.3 Å². The van der Waals surface area contributed by atoms with Crippen molar-refractivity contribution in [2.24, 2.45) is 17.3 Å². The van der Waals surface area contributed by atoms with Gasteiger partial charge in [0, 0.05) is 5.41 Å². The molecule has 1 saturated carbocycles. The van der Waals surface area contributed by atoms with E-state index in [0.717, 1.165) is 32.1 Å². The summed E-state index contributed by atoms with van der Waals surface area (Å²) in [6, 6.07) is 3.91. The van der Waals surface area contributed by atoms with Gasteiger partial charge in [-0.05, 0) is 79.7 Å². The molecule has 0 aliphatic heterocycles. The van der Waals surface area contributed by atoms with Gasteiger partial charge in [0.2, 0.25) is 0 Å². The number of rotatable bonds is 2. The average molecular weight is 314 g/mol. The first-order valence-corrected chi connectivity index (χ1v) is 8.91. The molecule has 1 aromatic rings. The lowest BCUT2D eigenvalue weighted by Gasteiger charge is -2.45. The van der Waals surface area contributed by atoms with E-state index in [2.05, 4.69) is 13.0 Å². The summed E-state index contributed by atoms with van der Waals surface area (Å²) < 4.78 is 5.59. The van der Waals surface area contributed by atoms with Crippen molar-refractivity contribution in [1.29, 1.82) is 0 Å². The topological polar surface area (TPSA) is 49.7 Å². The molecule has 0 radical (unpaired) electrons. The molecule has 0 heterocycles. The second-order valence-electron chi connectivity index (χ2n) is 7.62. The Labute approximate surface area is 138 Å². The van der Waals surface area contributed by atoms with Crippen LogP contribution < -0.4 is 4.74 Å². The maximum Gasteiger partial charge on any atom is 0.161 e. The molecule has 0 saturated heterocycles. The lowest BCUT2D eigenvalue weighted by atomic mass is 9.60. The second kappa shape index (κ2) is 5.27. The second-order valence-corrected chi connectivity index (χ2v) is 7.62. The van der Waals surface area contributed by atoms with Gasteiger partial charge in [0.05, 0.1) is 12.7 Å². The van der Waals surface area contributed by atoms with Gasteiger partial charge in [-0.25, -0.2) is 0 Å². The van der Waals surface area contributed by atoms with E-state index >= 15 is 0 Å². The van der Waals surface area contributed by atoms with Crippen molar-refractivity contribution in [3.63, 3.8) is 0 Å². The zero-order chi connectivity index (χ0) is 16.2. The fourth-order valence-corrected chi connectivity index (χ4v) is 5.23. The molecule has 3 nitrogen and oxygen atoms in total. The first-order valence-electron chi connectivity index (χ1n) is 8.91. The Balaban J connectivity index is 1.77. The predicted octanol–water partition coefficient (Wildman–Crippen LogP) is 3.92. The maximum absolute atomic E-state index is 10.4. The quantitative estimate of drug-likeness (QED) is 0.870. The van der Waals surface area contributed by atoms with Crippen LogP contribution in [0.25, 0.3) is 5.57 Å². The molecule has 3 unspecified atom stereocenters. The van der Waals surface area contributed by atoms with Crippen LogP contribution in [0.5, 0.6) is 11.5 Å². The Morgan fingerprint density at radius 3 is 2.87 bits per heavy atom. The minimum atomic E-state index is -0.162. The molecule has 3 aliphatic rings. The summed E-state index contributed by atoms with van der Waals surface area (Å²) in [5, 5.41) is 20.6. The van der Waals surface area contributed by atoms with Gasteiger partial charge in [0.25, 0.3) is 0 Å². The lowest BCUT2D eigenvalue weighted by molar-refractivity contribution is 0.0251. The van der Waals surface area contributed by atoms with Gasteiger partial charge in [0.1, 0.15) is 0 Å². The van der Waals surface area contributed by atoms with Crippen molar-refractivity contribution in [3.8, 4) is 11.5 Å². The summed E-state index contributed by atoms with van der Waals surface area (Å²) in [4.78, 5) is 0. The third-order valence-electron chi connectivity index (χ3n) is 6.53. The van der Waals surface area contributed by atoms with Crippen molar-refractivity contribution in [2.45, 2.75) is 52.1 Å². The number of aromatic hydroxyl groups is 1. The highest BCUT2D eigenvalue weighted by Gasteiger charge is 2.51. The normalized spacial score (nSPS) is 35.1. The Morgan fingerprint density at radius 1 is 1.26 bits per heavy atom. The monoisotopic (exact) mass is 314 g/mol. The number of phenolic OH excluding ortho intramolecular Hbond substituents is 1.